The van der Waals surface area contributed by atoms with E-state index in [0.717, 1.165) is 10.9 Å². The topological polar surface area (TPSA) is 122 Å². The van der Waals surface area contributed by atoms with E-state index in [1.165, 1.54) is 6.92 Å². The molecule has 0 fully saturated rings. The smallest absolute Gasteiger partial charge is 0.324 e. The number of benzene rings is 1. The summed E-state index contributed by atoms with van der Waals surface area (Å²) in [4.78, 5) is 38.8. The normalized spacial score (nSPS) is 14.7. The van der Waals surface area contributed by atoms with Gasteiger partial charge in [0.05, 0.1) is 12.3 Å². The van der Waals surface area contributed by atoms with E-state index in [4.69, 9.17) is 10.5 Å². The molecule has 2 rings (SSSR count). The van der Waals surface area contributed by atoms with E-state index < -0.39 is 35.6 Å². The van der Waals surface area contributed by atoms with Crippen LogP contribution in [0.5, 0.6) is 5.75 Å². The predicted molar refractivity (Wildman–Crippen MR) is 92.2 cm³/mol. The highest BCUT2D eigenvalue weighted by molar-refractivity contribution is 5.94. The number of para-hydroxylation sites is 1. The minimum atomic E-state index is -1.79. The van der Waals surface area contributed by atoms with Crippen LogP contribution in [0.1, 0.15) is 33.1 Å². The molecule has 0 saturated carbocycles. The van der Waals surface area contributed by atoms with Crippen molar-refractivity contribution in [3.05, 3.63) is 30.5 Å². The molecule has 134 valence electrons. The Labute approximate surface area is 145 Å². The lowest BCUT2D eigenvalue weighted by atomic mass is 9.77. The molecule has 2 atom stereocenters. The molecule has 7 nitrogen and oxygen atoms in total. The van der Waals surface area contributed by atoms with Crippen molar-refractivity contribution in [1.29, 1.82) is 0 Å². The molecule has 0 amide bonds. The molecule has 1 heterocycles. The summed E-state index contributed by atoms with van der Waals surface area (Å²) in [5.74, 6) is -3.26. The van der Waals surface area contributed by atoms with Crippen molar-refractivity contribution in [2.45, 2.75) is 38.6 Å². The number of aromatic nitrogens is 1. The van der Waals surface area contributed by atoms with E-state index in [9.17, 15) is 19.5 Å². The summed E-state index contributed by atoms with van der Waals surface area (Å²) in [6.45, 7) is 3.01. The number of Topliss-reactive ketones (excluding diaryl/α,β-unsaturated/α-hetero) is 1. The second-order valence-electron chi connectivity index (χ2n) is 6.14. The fourth-order valence-corrected chi connectivity index (χ4v) is 2.99. The third kappa shape index (κ3) is 3.88. The standard InChI is InChI=1S/C18H22N2O5/c1-3-8-18(19,17(23)24)13(11(2)21)9-16(22)25-15-10-20-14-7-5-4-6-12(14)15/h4-7,10,13,20H,3,8-9,19H2,1-2H3,(H,23,24)/t13?,18-/m1/s1. The monoisotopic (exact) mass is 346 g/mol. The molecule has 7 heteroatoms. The van der Waals surface area contributed by atoms with Crippen LogP contribution in [0.25, 0.3) is 10.9 Å². The molecule has 0 bridgehead atoms. The number of aromatic amines is 1. The molecule has 0 spiro atoms. The number of carboxylic acids is 1. The Kier molecular flexibility index (Phi) is 5.58. The Hall–Kier alpha value is -2.67. The van der Waals surface area contributed by atoms with Gasteiger partial charge in [-0.1, -0.05) is 25.5 Å². The quantitative estimate of drug-likeness (QED) is 0.630. The Bertz CT molecular complexity index is 798. The number of carbonyl (C=O) groups is 3. The minimum absolute atomic E-state index is 0.0902. The number of H-pyrrole nitrogens is 1. The number of nitrogens with two attached hydrogens (primary N) is 1. The summed E-state index contributed by atoms with van der Waals surface area (Å²) in [5.41, 5.74) is 4.99. The van der Waals surface area contributed by atoms with Crippen LogP contribution < -0.4 is 10.5 Å². The summed E-state index contributed by atoms with van der Waals surface area (Å²) in [6.07, 6.45) is 1.72. The van der Waals surface area contributed by atoms with E-state index in [2.05, 4.69) is 4.98 Å². The Morgan fingerprint density at radius 2 is 2.00 bits per heavy atom. The number of rotatable bonds is 8. The van der Waals surface area contributed by atoms with Crippen LogP contribution in [0.4, 0.5) is 0 Å². The van der Waals surface area contributed by atoms with Gasteiger partial charge in [0.25, 0.3) is 0 Å². The van der Waals surface area contributed by atoms with Gasteiger partial charge in [0.1, 0.15) is 11.3 Å². The number of esters is 1. The number of hydrogen-bond acceptors (Lipinski definition) is 5. The van der Waals surface area contributed by atoms with Gasteiger partial charge in [0.2, 0.25) is 0 Å². The van der Waals surface area contributed by atoms with E-state index in [0.29, 0.717) is 12.2 Å². The molecule has 2 aromatic rings. The fraction of sp³-hybridized carbons (Fsp3) is 0.389. The molecule has 1 aromatic heterocycles. The highest BCUT2D eigenvalue weighted by atomic mass is 16.5. The fourth-order valence-electron chi connectivity index (χ4n) is 2.99. The van der Waals surface area contributed by atoms with Gasteiger partial charge in [-0.2, -0.15) is 0 Å². The number of hydrogen-bond donors (Lipinski definition) is 3. The van der Waals surface area contributed by atoms with Crippen LogP contribution in [0, 0.1) is 5.92 Å². The van der Waals surface area contributed by atoms with E-state index in [-0.39, 0.29) is 6.42 Å². The molecule has 0 aliphatic heterocycles. The first-order valence-electron chi connectivity index (χ1n) is 8.09. The summed E-state index contributed by atoms with van der Waals surface area (Å²) in [6, 6.07) is 7.28. The van der Waals surface area contributed by atoms with Crippen molar-refractivity contribution in [1.82, 2.24) is 4.98 Å². The van der Waals surface area contributed by atoms with Gasteiger partial charge < -0.3 is 20.6 Å². The van der Waals surface area contributed by atoms with E-state index in [1.54, 1.807) is 19.2 Å². The van der Waals surface area contributed by atoms with Crippen LogP contribution in [-0.4, -0.2) is 33.4 Å². The summed E-state index contributed by atoms with van der Waals surface area (Å²) < 4.78 is 5.33. The van der Waals surface area contributed by atoms with Crippen LogP contribution in [-0.2, 0) is 14.4 Å². The number of ketones is 1. The SMILES string of the molecule is CCC[C@](N)(C(=O)O)C(CC(=O)Oc1c[nH]c2ccccc12)C(C)=O. The molecular formula is C18H22N2O5. The minimum Gasteiger partial charge on any atom is -0.480 e. The molecule has 25 heavy (non-hydrogen) atoms. The van der Waals surface area contributed by atoms with Crippen molar-refractivity contribution in [2.75, 3.05) is 0 Å². The zero-order valence-electron chi connectivity index (χ0n) is 14.2. The number of fused-ring (bicyclic) bond motifs is 1. The first-order chi connectivity index (χ1) is 11.8. The van der Waals surface area contributed by atoms with Crippen molar-refractivity contribution in [2.24, 2.45) is 11.7 Å². The number of ether oxygens (including phenoxy) is 1. The zero-order valence-corrected chi connectivity index (χ0v) is 14.2. The maximum Gasteiger partial charge on any atom is 0.324 e. The Balaban J connectivity index is 2.20. The molecule has 4 N–H and O–H groups in total. The molecule has 0 aliphatic rings. The predicted octanol–water partition coefficient (Wildman–Crippen LogP) is 2.25. The van der Waals surface area contributed by atoms with Crippen LogP contribution in [0.15, 0.2) is 30.5 Å². The molecule has 0 radical (unpaired) electrons. The maximum atomic E-state index is 12.3. The third-order valence-electron chi connectivity index (χ3n) is 4.32. The molecule has 0 aliphatic carbocycles. The van der Waals surface area contributed by atoms with Crippen LogP contribution in [0.2, 0.25) is 0 Å². The number of carboxylic acid groups (broad SMARTS) is 1. The highest BCUT2D eigenvalue weighted by Crippen LogP contribution is 2.28. The van der Waals surface area contributed by atoms with Crippen LogP contribution >= 0.6 is 0 Å². The maximum absolute atomic E-state index is 12.3. The molecule has 1 aromatic carbocycles. The van der Waals surface area contributed by atoms with Crippen molar-refractivity contribution < 1.29 is 24.2 Å². The van der Waals surface area contributed by atoms with Gasteiger partial charge >= 0.3 is 11.9 Å². The van der Waals surface area contributed by atoms with Crippen molar-refractivity contribution in [3.63, 3.8) is 0 Å². The lowest BCUT2D eigenvalue weighted by Crippen LogP contribution is -2.57. The number of carbonyl (C=O) groups excluding carboxylic acids is 2. The number of aliphatic carboxylic acids is 1. The molecule has 1 unspecified atom stereocenters. The lowest BCUT2D eigenvalue weighted by Gasteiger charge is -2.31. The van der Waals surface area contributed by atoms with E-state index in [1.807, 2.05) is 18.2 Å². The number of nitrogens with one attached hydrogen (secondary N) is 1. The van der Waals surface area contributed by atoms with Crippen molar-refractivity contribution >= 4 is 28.6 Å². The zero-order chi connectivity index (χ0) is 18.6. The second kappa shape index (κ2) is 7.48. The van der Waals surface area contributed by atoms with Gasteiger partial charge in [-0.05, 0) is 25.5 Å². The first-order valence-corrected chi connectivity index (χ1v) is 8.09. The average molecular weight is 346 g/mol. The van der Waals surface area contributed by atoms with E-state index >= 15 is 0 Å². The summed E-state index contributed by atoms with van der Waals surface area (Å²) in [7, 11) is 0. The highest BCUT2D eigenvalue weighted by Gasteiger charge is 2.45. The molecular weight excluding hydrogens is 324 g/mol. The summed E-state index contributed by atoms with van der Waals surface area (Å²) in [5, 5.41) is 10.2. The van der Waals surface area contributed by atoms with Gasteiger partial charge in [-0.25, -0.2) is 0 Å². The van der Waals surface area contributed by atoms with Crippen LogP contribution in [0.3, 0.4) is 0 Å². The Morgan fingerprint density at radius 1 is 1.32 bits per heavy atom. The van der Waals surface area contributed by atoms with Gasteiger partial charge in [0, 0.05) is 17.1 Å². The summed E-state index contributed by atoms with van der Waals surface area (Å²) >= 11 is 0. The largest absolute Gasteiger partial charge is 0.480 e. The molecule has 0 saturated heterocycles. The second-order valence-corrected chi connectivity index (χ2v) is 6.14. The lowest BCUT2D eigenvalue weighted by molar-refractivity contribution is -0.151. The Morgan fingerprint density at radius 3 is 2.60 bits per heavy atom. The average Bonchev–Trinajstić information content (AvgIpc) is 2.95. The van der Waals surface area contributed by atoms with Gasteiger partial charge in [0.15, 0.2) is 5.75 Å². The third-order valence-corrected chi connectivity index (χ3v) is 4.32. The van der Waals surface area contributed by atoms with Gasteiger partial charge in [-0.3, -0.25) is 14.4 Å². The van der Waals surface area contributed by atoms with Gasteiger partial charge in [-0.15, -0.1) is 0 Å². The first kappa shape index (κ1) is 18.7. The van der Waals surface area contributed by atoms with Crippen molar-refractivity contribution in [3.8, 4) is 5.75 Å².